The first-order chi connectivity index (χ1) is 20.6. The van der Waals surface area contributed by atoms with Gasteiger partial charge >= 0.3 is 0 Å². The number of aliphatic hydroxyl groups is 1. The number of nitrogens with two attached hydrogens (primary N) is 1. The average molecular weight is 580 g/mol. The molecule has 3 aromatic rings. The van der Waals surface area contributed by atoms with Gasteiger partial charge in [0, 0.05) is 43.4 Å². The summed E-state index contributed by atoms with van der Waals surface area (Å²) in [5.74, 6) is 0.824. The lowest BCUT2D eigenvalue weighted by Gasteiger charge is -2.34. The van der Waals surface area contributed by atoms with Crippen LogP contribution in [0, 0.1) is 11.3 Å². The molecule has 7 heteroatoms. The Morgan fingerprint density at radius 1 is 1.09 bits per heavy atom. The number of Topliss-reactive ketones (excluding diaryl/α,β-unsaturated/α-hetero) is 1. The first kappa shape index (κ1) is 29.6. The van der Waals surface area contributed by atoms with Crippen molar-refractivity contribution < 1.29 is 9.90 Å². The van der Waals surface area contributed by atoms with Gasteiger partial charge in [-0.05, 0) is 91.1 Å². The summed E-state index contributed by atoms with van der Waals surface area (Å²) in [7, 11) is 0. The highest BCUT2D eigenvalue weighted by Crippen LogP contribution is 2.39. The molecule has 0 radical (unpaired) electrons. The lowest BCUT2D eigenvalue weighted by atomic mass is 9.71. The van der Waals surface area contributed by atoms with E-state index in [1.165, 1.54) is 17.7 Å². The van der Waals surface area contributed by atoms with E-state index >= 15 is 0 Å². The molecular weight excluding hydrogens is 534 g/mol. The van der Waals surface area contributed by atoms with Crippen LogP contribution in [-0.4, -0.2) is 57.2 Å². The number of carbonyl (C=O) groups excluding carboxylic acids is 1. The quantitative estimate of drug-likeness (QED) is 0.334. The summed E-state index contributed by atoms with van der Waals surface area (Å²) in [5, 5.41) is 9.95. The number of piperidine rings is 1. The number of ketones is 1. The molecule has 1 fully saturated rings. The molecule has 43 heavy (non-hydrogen) atoms. The van der Waals surface area contributed by atoms with E-state index in [-0.39, 0.29) is 23.2 Å². The number of fused-ring (bicyclic) bond motifs is 2. The Labute approximate surface area is 255 Å². The fraction of sp³-hybridized carbons (Fsp3) is 0.500. The van der Waals surface area contributed by atoms with Crippen molar-refractivity contribution in [2.45, 2.75) is 84.2 Å². The summed E-state index contributed by atoms with van der Waals surface area (Å²) in [6.45, 7) is 9.68. The molecule has 3 N–H and O–H groups in total. The number of aromatic nitrogens is 2. The third kappa shape index (κ3) is 6.73. The molecule has 1 aromatic carbocycles. The van der Waals surface area contributed by atoms with E-state index in [4.69, 9.17) is 15.7 Å². The molecule has 1 aliphatic carbocycles. The molecule has 0 amide bonds. The number of aryl methyl sites for hydroxylation is 1. The van der Waals surface area contributed by atoms with Gasteiger partial charge in [0.25, 0.3) is 0 Å². The van der Waals surface area contributed by atoms with E-state index in [0.717, 1.165) is 79.8 Å². The number of pyridine rings is 2. The van der Waals surface area contributed by atoms with Crippen molar-refractivity contribution in [2.24, 2.45) is 16.3 Å². The Hall–Kier alpha value is -3.42. The first-order valence-electron chi connectivity index (χ1n) is 16.0. The van der Waals surface area contributed by atoms with Gasteiger partial charge < -0.3 is 15.7 Å². The van der Waals surface area contributed by atoms with Crippen molar-refractivity contribution in [3.63, 3.8) is 0 Å². The molecule has 6 rings (SSSR count). The monoisotopic (exact) mass is 579 g/mol. The Bertz CT molecular complexity index is 1500. The van der Waals surface area contributed by atoms with Gasteiger partial charge in [0.2, 0.25) is 0 Å². The average Bonchev–Trinajstić information content (AvgIpc) is 3.41. The zero-order valence-electron chi connectivity index (χ0n) is 25.9. The molecule has 2 aliphatic heterocycles. The van der Waals surface area contributed by atoms with Crippen molar-refractivity contribution in [3.8, 4) is 11.1 Å². The number of hydrogen-bond acceptors (Lipinski definition) is 7. The van der Waals surface area contributed by atoms with E-state index in [0.29, 0.717) is 30.2 Å². The maximum absolute atomic E-state index is 13.8. The number of aliphatic imine (C=N–C) groups is 1. The SMILES string of the molecule is CC(C)(C)[C@H]1CCc2nc3c(cc2C1)N=C(C(=O)C[C@H](CCN1CCC(O)CC1)c1ccc(-c2ccncc2N)cc1)C3. The van der Waals surface area contributed by atoms with Crippen LogP contribution in [0.1, 0.15) is 81.3 Å². The summed E-state index contributed by atoms with van der Waals surface area (Å²) in [6, 6.07) is 12.6. The number of carbonyl (C=O) groups is 1. The fourth-order valence-corrected chi connectivity index (χ4v) is 6.98. The summed E-state index contributed by atoms with van der Waals surface area (Å²) < 4.78 is 0. The topological polar surface area (TPSA) is 105 Å². The second-order valence-electron chi connectivity index (χ2n) is 13.9. The molecule has 2 aromatic heterocycles. The minimum atomic E-state index is -0.192. The van der Waals surface area contributed by atoms with Gasteiger partial charge in [-0.15, -0.1) is 0 Å². The maximum Gasteiger partial charge on any atom is 0.178 e. The highest BCUT2D eigenvalue weighted by Gasteiger charge is 2.32. The Kier molecular flexibility index (Phi) is 8.47. The van der Waals surface area contributed by atoms with Gasteiger partial charge in [-0.2, -0.15) is 0 Å². The standard InChI is InChI=1S/C36H45N5O2/c1-36(2,3)27-8-9-31-26(18-27)19-32-33(39-31)21-34(40-32)35(43)20-25(11-15-41-16-12-28(42)13-17-41)23-4-6-24(7-5-23)29-10-14-38-22-30(29)37/h4-7,10,14,19,22,25,27-28,42H,8-9,11-13,15-18,20-21,37H2,1-3H3/t25-,27-/m0/s1. The zero-order chi connectivity index (χ0) is 30.1. The minimum Gasteiger partial charge on any atom is -0.397 e. The number of likely N-dealkylation sites (tertiary alicyclic amines) is 1. The van der Waals surface area contributed by atoms with Crippen LogP contribution < -0.4 is 5.73 Å². The van der Waals surface area contributed by atoms with Crippen molar-refractivity contribution in [1.29, 1.82) is 0 Å². The maximum atomic E-state index is 13.8. The minimum absolute atomic E-state index is 0.0725. The molecule has 0 saturated carbocycles. The summed E-state index contributed by atoms with van der Waals surface area (Å²) in [6.07, 6.45) is 9.90. The van der Waals surface area contributed by atoms with Gasteiger partial charge in [0.15, 0.2) is 5.78 Å². The largest absolute Gasteiger partial charge is 0.397 e. The molecule has 7 nitrogen and oxygen atoms in total. The first-order valence-corrected chi connectivity index (χ1v) is 16.0. The number of rotatable bonds is 8. The lowest BCUT2D eigenvalue weighted by molar-refractivity contribution is -0.113. The zero-order valence-corrected chi connectivity index (χ0v) is 25.9. The molecule has 0 unspecified atom stereocenters. The fourth-order valence-electron chi connectivity index (χ4n) is 6.98. The van der Waals surface area contributed by atoms with Crippen LogP contribution in [0.4, 0.5) is 11.4 Å². The predicted octanol–water partition coefficient (Wildman–Crippen LogP) is 6.10. The van der Waals surface area contributed by atoms with Crippen molar-refractivity contribution in [1.82, 2.24) is 14.9 Å². The van der Waals surface area contributed by atoms with Gasteiger partial charge in [-0.3, -0.25) is 14.8 Å². The number of hydrogen-bond donors (Lipinski definition) is 2. The van der Waals surface area contributed by atoms with E-state index in [9.17, 15) is 9.90 Å². The van der Waals surface area contributed by atoms with Gasteiger partial charge in [0.05, 0.1) is 35.1 Å². The molecule has 226 valence electrons. The highest BCUT2D eigenvalue weighted by molar-refractivity contribution is 6.41. The highest BCUT2D eigenvalue weighted by atomic mass is 16.3. The van der Waals surface area contributed by atoms with Crippen LogP contribution in [0.15, 0.2) is 53.8 Å². The second kappa shape index (κ2) is 12.3. The second-order valence-corrected chi connectivity index (χ2v) is 13.9. The van der Waals surface area contributed by atoms with E-state index < -0.39 is 0 Å². The number of nitrogens with zero attached hydrogens (tertiary/aromatic N) is 4. The molecule has 3 aliphatic rings. The van der Waals surface area contributed by atoms with Gasteiger partial charge in [-0.25, -0.2) is 4.99 Å². The van der Waals surface area contributed by atoms with E-state index in [1.54, 1.807) is 12.4 Å². The molecule has 1 saturated heterocycles. The molecule has 0 spiro atoms. The van der Waals surface area contributed by atoms with E-state index in [2.05, 4.69) is 61.0 Å². The Morgan fingerprint density at radius 2 is 1.86 bits per heavy atom. The smallest absolute Gasteiger partial charge is 0.178 e. The summed E-state index contributed by atoms with van der Waals surface area (Å²) in [5.41, 5.74) is 15.2. The molecule has 0 bridgehead atoms. The third-order valence-corrected chi connectivity index (χ3v) is 9.91. The Morgan fingerprint density at radius 3 is 2.58 bits per heavy atom. The van der Waals surface area contributed by atoms with Crippen LogP contribution in [0.5, 0.6) is 0 Å². The van der Waals surface area contributed by atoms with Crippen LogP contribution in [0.3, 0.4) is 0 Å². The van der Waals surface area contributed by atoms with E-state index in [1.807, 2.05) is 6.07 Å². The van der Waals surface area contributed by atoms with Gasteiger partial charge in [0.1, 0.15) is 0 Å². The Balaban J connectivity index is 1.19. The number of aliphatic hydroxyl groups excluding tert-OH is 1. The lowest BCUT2D eigenvalue weighted by Crippen LogP contribution is -2.37. The van der Waals surface area contributed by atoms with Crippen LogP contribution in [-0.2, 0) is 24.1 Å². The normalized spacial score (nSPS) is 19.9. The van der Waals surface area contributed by atoms with Crippen molar-refractivity contribution >= 4 is 22.9 Å². The molecule has 4 heterocycles. The van der Waals surface area contributed by atoms with Crippen molar-refractivity contribution in [3.05, 3.63) is 71.3 Å². The summed E-state index contributed by atoms with van der Waals surface area (Å²) in [4.78, 5) is 30.2. The molecule has 2 atom stereocenters. The summed E-state index contributed by atoms with van der Waals surface area (Å²) >= 11 is 0. The predicted molar refractivity (Wildman–Crippen MR) is 173 cm³/mol. The van der Waals surface area contributed by atoms with Crippen LogP contribution in [0.2, 0.25) is 0 Å². The van der Waals surface area contributed by atoms with Crippen LogP contribution >= 0.6 is 0 Å². The van der Waals surface area contributed by atoms with Crippen LogP contribution in [0.25, 0.3) is 11.1 Å². The number of benzene rings is 1. The number of nitrogen functional groups attached to an aromatic ring is 1. The van der Waals surface area contributed by atoms with Gasteiger partial charge in [-0.1, -0.05) is 45.0 Å². The van der Waals surface area contributed by atoms with Crippen molar-refractivity contribution in [2.75, 3.05) is 25.4 Å². The molecular formula is C36H45N5O2. The number of anilines is 1. The third-order valence-electron chi connectivity index (χ3n) is 9.91.